The van der Waals surface area contributed by atoms with E-state index in [0.717, 1.165) is 25.9 Å². The highest BCUT2D eigenvalue weighted by molar-refractivity contribution is 7.91. The Labute approximate surface area is 164 Å². The first-order valence-corrected chi connectivity index (χ1v) is 11.4. The molecule has 10 heteroatoms. The van der Waals surface area contributed by atoms with Crippen molar-refractivity contribution in [2.24, 2.45) is 0 Å². The molecule has 28 heavy (non-hydrogen) atoms. The number of likely N-dealkylation sites (tertiary alicyclic amines) is 1. The molecule has 2 aliphatic rings. The zero-order valence-corrected chi connectivity index (χ0v) is 16.9. The normalized spacial score (nSPS) is 25.9. The van der Waals surface area contributed by atoms with E-state index in [9.17, 15) is 13.2 Å². The first-order valence-electron chi connectivity index (χ1n) is 9.59. The molecule has 0 aromatic carbocycles. The van der Waals surface area contributed by atoms with Gasteiger partial charge in [0.15, 0.2) is 9.84 Å². The molecule has 0 aliphatic carbocycles. The van der Waals surface area contributed by atoms with E-state index in [0.29, 0.717) is 16.8 Å². The summed E-state index contributed by atoms with van der Waals surface area (Å²) in [5.41, 5.74) is 1.62. The van der Waals surface area contributed by atoms with E-state index >= 15 is 0 Å². The van der Waals surface area contributed by atoms with Crippen LogP contribution in [0.25, 0.3) is 5.52 Å². The van der Waals surface area contributed by atoms with Crippen LogP contribution in [0.4, 0.5) is 0 Å². The summed E-state index contributed by atoms with van der Waals surface area (Å²) in [6.07, 6.45) is 3.56. The number of amides is 1. The lowest BCUT2D eigenvalue weighted by Gasteiger charge is -2.33. The van der Waals surface area contributed by atoms with E-state index in [1.807, 2.05) is 0 Å². The van der Waals surface area contributed by atoms with Crippen LogP contribution in [0.5, 0.6) is 0 Å². The number of aryl methyl sites for hydroxylation is 1. The molecule has 2 aromatic heterocycles. The van der Waals surface area contributed by atoms with Gasteiger partial charge >= 0.3 is 0 Å². The molecule has 2 fully saturated rings. The Morgan fingerprint density at radius 3 is 2.68 bits per heavy atom. The van der Waals surface area contributed by atoms with Crippen molar-refractivity contribution in [3.63, 3.8) is 0 Å². The molecular weight excluding hydrogens is 380 g/mol. The van der Waals surface area contributed by atoms with Crippen molar-refractivity contribution in [2.45, 2.75) is 37.9 Å². The molecule has 0 saturated carbocycles. The summed E-state index contributed by atoms with van der Waals surface area (Å²) < 4.78 is 26.0. The molecule has 2 atom stereocenters. The number of hydrogen-bond donors (Lipinski definition) is 2. The van der Waals surface area contributed by atoms with E-state index in [-0.39, 0.29) is 29.5 Å². The largest absolute Gasteiger partial charge is 0.347 e. The summed E-state index contributed by atoms with van der Waals surface area (Å²) in [5, 5.41) is 14.8. The second-order valence-corrected chi connectivity index (χ2v) is 10.0. The monoisotopic (exact) mass is 406 g/mol. The zero-order chi connectivity index (χ0) is 19.9. The Kier molecular flexibility index (Phi) is 5.11. The van der Waals surface area contributed by atoms with Crippen molar-refractivity contribution in [1.29, 1.82) is 0 Å². The first kappa shape index (κ1) is 19.3. The van der Waals surface area contributed by atoms with Gasteiger partial charge in [-0.2, -0.15) is 14.8 Å². The van der Waals surface area contributed by atoms with Crippen molar-refractivity contribution in [2.75, 3.05) is 31.6 Å². The molecule has 2 aromatic rings. The molecule has 4 rings (SSSR count). The summed E-state index contributed by atoms with van der Waals surface area (Å²) >= 11 is 0. The number of fused-ring (bicyclic) bond motifs is 1. The molecule has 4 heterocycles. The predicted octanol–water partition coefficient (Wildman–Crippen LogP) is -0.383. The molecule has 2 N–H and O–H groups in total. The zero-order valence-electron chi connectivity index (χ0n) is 16.1. The van der Waals surface area contributed by atoms with Crippen LogP contribution in [-0.2, 0) is 9.84 Å². The quantitative estimate of drug-likeness (QED) is 0.712. The summed E-state index contributed by atoms with van der Waals surface area (Å²) in [4.78, 5) is 15.2. The van der Waals surface area contributed by atoms with Gasteiger partial charge in [0.1, 0.15) is 5.52 Å². The van der Waals surface area contributed by atoms with Gasteiger partial charge in [-0.05, 0) is 52.0 Å². The van der Waals surface area contributed by atoms with Crippen LogP contribution in [0.2, 0.25) is 0 Å². The smallest absolute Gasteiger partial charge is 0.255 e. The van der Waals surface area contributed by atoms with Crippen LogP contribution in [0.15, 0.2) is 18.3 Å². The number of nitrogens with zero attached hydrogens (tertiary/aromatic N) is 4. The summed E-state index contributed by atoms with van der Waals surface area (Å²) in [7, 11) is -1.10. The minimum atomic E-state index is -3.19. The molecule has 0 bridgehead atoms. The number of rotatable bonds is 4. The molecule has 9 nitrogen and oxygen atoms in total. The maximum atomic E-state index is 13.0. The van der Waals surface area contributed by atoms with Gasteiger partial charge in [0, 0.05) is 18.3 Å². The van der Waals surface area contributed by atoms with E-state index < -0.39 is 15.9 Å². The molecule has 2 aliphatic heterocycles. The minimum absolute atomic E-state index is 0.0421. The van der Waals surface area contributed by atoms with Crippen molar-refractivity contribution in [1.82, 2.24) is 30.4 Å². The van der Waals surface area contributed by atoms with Crippen LogP contribution in [0, 0.1) is 6.92 Å². The maximum Gasteiger partial charge on any atom is 0.255 e. The van der Waals surface area contributed by atoms with Gasteiger partial charge in [-0.3, -0.25) is 4.79 Å². The maximum absolute atomic E-state index is 13.0. The molecule has 1 amide bonds. The Morgan fingerprint density at radius 2 is 1.93 bits per heavy atom. The molecule has 2 saturated heterocycles. The molecule has 0 spiro atoms. The van der Waals surface area contributed by atoms with Gasteiger partial charge in [0.05, 0.1) is 28.8 Å². The fraction of sp³-hybridized carbons (Fsp3) is 0.611. The van der Waals surface area contributed by atoms with Crippen molar-refractivity contribution >= 4 is 21.3 Å². The van der Waals surface area contributed by atoms with Gasteiger partial charge < -0.3 is 15.5 Å². The Balaban J connectivity index is 1.51. The van der Waals surface area contributed by atoms with Crippen molar-refractivity contribution in [3.8, 4) is 0 Å². The Morgan fingerprint density at radius 1 is 1.21 bits per heavy atom. The van der Waals surface area contributed by atoms with Crippen LogP contribution in [0.3, 0.4) is 0 Å². The third-order valence-corrected chi connectivity index (χ3v) is 7.39. The van der Waals surface area contributed by atoms with Gasteiger partial charge in [0.25, 0.3) is 5.91 Å². The fourth-order valence-corrected chi connectivity index (χ4v) is 6.03. The van der Waals surface area contributed by atoms with Crippen LogP contribution >= 0.6 is 0 Å². The molecule has 0 unspecified atom stereocenters. The van der Waals surface area contributed by atoms with Crippen molar-refractivity contribution < 1.29 is 13.2 Å². The topological polar surface area (TPSA) is 109 Å². The number of aromatic nitrogens is 3. The van der Waals surface area contributed by atoms with Gasteiger partial charge in [-0.25, -0.2) is 8.42 Å². The van der Waals surface area contributed by atoms with Crippen molar-refractivity contribution in [3.05, 3.63) is 29.6 Å². The first-order chi connectivity index (χ1) is 13.3. The average Bonchev–Trinajstić information content (AvgIpc) is 3.11. The van der Waals surface area contributed by atoms with Gasteiger partial charge in [-0.1, -0.05) is 0 Å². The summed E-state index contributed by atoms with van der Waals surface area (Å²) in [6.45, 7) is 3.73. The summed E-state index contributed by atoms with van der Waals surface area (Å²) in [6, 6.07) is 3.07. The summed E-state index contributed by atoms with van der Waals surface area (Å²) in [5.74, 6) is -0.295. The molecule has 0 radical (unpaired) electrons. The Bertz CT molecular complexity index is 980. The van der Waals surface area contributed by atoms with Gasteiger partial charge in [0.2, 0.25) is 0 Å². The number of sulfone groups is 1. The lowest BCUT2D eigenvalue weighted by Crippen LogP contribution is -2.54. The average molecular weight is 407 g/mol. The highest BCUT2D eigenvalue weighted by Crippen LogP contribution is 2.19. The third kappa shape index (κ3) is 3.89. The van der Waals surface area contributed by atoms with Crippen LogP contribution in [-0.4, -0.2) is 83.8 Å². The highest BCUT2D eigenvalue weighted by Gasteiger charge is 2.40. The SMILES string of the molecule is Cc1nn2ncccc2c1C(=O)N[C@@H]1CS(=O)(=O)C[C@H]1NC1CCN(C)CC1. The van der Waals surface area contributed by atoms with Crippen LogP contribution in [0.1, 0.15) is 28.9 Å². The second kappa shape index (κ2) is 7.41. The Hall–Kier alpha value is -2.04. The van der Waals surface area contributed by atoms with E-state index in [4.69, 9.17) is 0 Å². The van der Waals surface area contributed by atoms with Gasteiger partial charge in [-0.15, -0.1) is 0 Å². The second-order valence-electron chi connectivity index (χ2n) is 7.87. The number of hydrogen-bond acceptors (Lipinski definition) is 7. The lowest BCUT2D eigenvalue weighted by atomic mass is 10.0. The van der Waals surface area contributed by atoms with Crippen LogP contribution < -0.4 is 10.6 Å². The molecule has 152 valence electrons. The van der Waals surface area contributed by atoms with E-state index in [1.165, 1.54) is 4.63 Å². The fourth-order valence-electron chi connectivity index (χ4n) is 4.16. The van der Waals surface area contributed by atoms with E-state index in [2.05, 4.69) is 32.8 Å². The standard InChI is InChI=1S/C18H26N6O3S/c1-12-17(16-4-3-7-19-24(16)22-12)18(25)21-15-11-28(26,27)10-14(15)20-13-5-8-23(2)9-6-13/h3-4,7,13-15,20H,5-6,8-11H2,1-2H3,(H,21,25)/t14-,15-/m1/s1. The number of piperidine rings is 1. The lowest BCUT2D eigenvalue weighted by molar-refractivity contribution is 0.0934. The number of nitrogens with one attached hydrogen (secondary N) is 2. The molecular formula is C18H26N6O3S. The third-order valence-electron chi connectivity index (χ3n) is 5.66. The number of carbonyl (C=O) groups is 1. The number of carbonyl (C=O) groups excluding carboxylic acids is 1. The predicted molar refractivity (Wildman–Crippen MR) is 105 cm³/mol. The minimum Gasteiger partial charge on any atom is -0.347 e. The van der Waals surface area contributed by atoms with E-state index in [1.54, 1.807) is 25.3 Å². The highest BCUT2D eigenvalue weighted by atomic mass is 32.2.